The van der Waals surface area contributed by atoms with Gasteiger partial charge in [0, 0.05) is 6.42 Å². The first kappa shape index (κ1) is 15.6. The molecule has 4 fully saturated rings. The molecule has 0 aromatic rings. The van der Waals surface area contributed by atoms with Crippen molar-refractivity contribution in [3.05, 3.63) is 11.6 Å². The molecular weight excluding hydrogens is 300 g/mol. The van der Waals surface area contributed by atoms with E-state index in [0.717, 1.165) is 37.0 Å². The Hall–Kier alpha value is -0.670. The van der Waals surface area contributed by atoms with Gasteiger partial charge in [-0.05, 0) is 87.5 Å². The van der Waals surface area contributed by atoms with Crippen LogP contribution in [0.4, 0.5) is 0 Å². The lowest BCUT2D eigenvalue weighted by molar-refractivity contribution is -0.182. The number of carbonyl (C=O) groups is 1. The Labute approximate surface area is 145 Å². The maximum atomic E-state index is 11.8. The molecule has 3 saturated carbocycles. The molecule has 0 N–H and O–H groups in total. The van der Waals surface area contributed by atoms with Gasteiger partial charge in [0.1, 0.15) is 0 Å². The summed E-state index contributed by atoms with van der Waals surface area (Å²) in [6.07, 6.45) is 10.6. The van der Waals surface area contributed by atoms with Crippen LogP contribution in [0, 0.1) is 29.1 Å². The van der Waals surface area contributed by atoms with Gasteiger partial charge in [0.2, 0.25) is 0 Å². The predicted molar refractivity (Wildman–Crippen MR) is 91.3 cm³/mol. The van der Waals surface area contributed by atoms with E-state index in [0.29, 0.717) is 17.8 Å². The van der Waals surface area contributed by atoms with Crippen LogP contribution in [0.1, 0.15) is 65.7 Å². The van der Waals surface area contributed by atoms with Crippen molar-refractivity contribution in [3.63, 3.8) is 0 Å². The van der Waals surface area contributed by atoms with Crippen LogP contribution >= 0.6 is 0 Å². The minimum atomic E-state index is -0.410. The highest BCUT2D eigenvalue weighted by Crippen LogP contribution is 2.64. The minimum Gasteiger partial charge on any atom is -0.345 e. The summed E-state index contributed by atoms with van der Waals surface area (Å²) in [5.74, 6) is 2.97. The van der Waals surface area contributed by atoms with E-state index < -0.39 is 5.79 Å². The number of ether oxygens (including phenoxy) is 2. The maximum absolute atomic E-state index is 11.8. The fourth-order valence-electron chi connectivity index (χ4n) is 7.14. The maximum Gasteiger partial charge on any atom is 0.163 e. The fraction of sp³-hybridized carbons (Fsp3) is 0.857. The lowest BCUT2D eigenvalue weighted by Crippen LogP contribution is -2.48. The Kier molecular flexibility index (Phi) is 3.21. The average molecular weight is 330 g/mol. The van der Waals surface area contributed by atoms with Crippen LogP contribution in [-0.2, 0) is 14.3 Å². The zero-order chi connectivity index (χ0) is 16.7. The van der Waals surface area contributed by atoms with E-state index in [1.807, 2.05) is 6.08 Å². The van der Waals surface area contributed by atoms with Crippen LogP contribution in [0.25, 0.3) is 0 Å². The monoisotopic (exact) mass is 330 g/mol. The summed E-state index contributed by atoms with van der Waals surface area (Å²) >= 11 is 0. The van der Waals surface area contributed by atoms with Crippen LogP contribution in [0.3, 0.4) is 0 Å². The quantitative estimate of drug-likeness (QED) is 0.666. The lowest BCUT2D eigenvalue weighted by atomic mass is 9.52. The summed E-state index contributed by atoms with van der Waals surface area (Å²) in [5, 5.41) is 0. The second-order valence-electron chi connectivity index (χ2n) is 9.68. The normalized spacial score (nSPS) is 52.1. The second-order valence-corrected chi connectivity index (χ2v) is 9.68. The molecule has 1 saturated heterocycles. The summed E-state index contributed by atoms with van der Waals surface area (Å²) in [7, 11) is 0. The van der Waals surface area contributed by atoms with Gasteiger partial charge >= 0.3 is 0 Å². The average Bonchev–Trinajstić information content (AvgIpc) is 2.97. The van der Waals surface area contributed by atoms with Crippen LogP contribution in [-0.4, -0.2) is 23.8 Å². The van der Waals surface area contributed by atoms with Crippen molar-refractivity contribution in [1.29, 1.82) is 0 Å². The molecule has 1 heterocycles. The third-order valence-electron chi connectivity index (χ3n) is 8.06. The Morgan fingerprint density at radius 2 is 1.88 bits per heavy atom. The molecule has 0 amide bonds. The third kappa shape index (κ3) is 2.07. The minimum absolute atomic E-state index is 0.281. The molecule has 5 aliphatic rings. The van der Waals surface area contributed by atoms with Crippen LogP contribution < -0.4 is 0 Å². The molecule has 4 aliphatic carbocycles. The summed E-state index contributed by atoms with van der Waals surface area (Å²) in [6.45, 7) is 6.59. The number of fused-ring (bicyclic) bond motifs is 7. The standard InChI is InChI=1S/C21H30O3/c1-20(2)23-18-11-17-16-6-4-12-10-13(22)5-7-14(12)15(16)8-9-21(17,3)19(18)24-20/h10,14-19H,4-9,11H2,1-3H3/t14-,15+,16+,17-,18+,19+,21-/m0/s1. The van der Waals surface area contributed by atoms with Gasteiger partial charge in [-0.1, -0.05) is 12.5 Å². The number of carbonyl (C=O) groups excluding carboxylic acids is 1. The third-order valence-corrected chi connectivity index (χ3v) is 8.06. The molecule has 1 aliphatic heterocycles. The second kappa shape index (κ2) is 4.94. The largest absolute Gasteiger partial charge is 0.345 e. The van der Waals surface area contributed by atoms with Crippen molar-refractivity contribution in [2.24, 2.45) is 29.1 Å². The summed E-state index contributed by atoms with van der Waals surface area (Å²) < 4.78 is 12.6. The van der Waals surface area contributed by atoms with Crippen molar-refractivity contribution >= 4 is 5.78 Å². The Morgan fingerprint density at radius 1 is 1.04 bits per heavy atom. The van der Waals surface area contributed by atoms with Gasteiger partial charge < -0.3 is 9.47 Å². The van der Waals surface area contributed by atoms with E-state index in [1.54, 1.807) is 0 Å². The Morgan fingerprint density at radius 3 is 2.71 bits per heavy atom. The molecule has 3 heteroatoms. The number of hydrogen-bond acceptors (Lipinski definition) is 3. The number of rotatable bonds is 0. The highest BCUT2D eigenvalue weighted by molar-refractivity contribution is 5.91. The first-order valence-electron chi connectivity index (χ1n) is 9.96. The van der Waals surface area contributed by atoms with E-state index in [4.69, 9.17) is 9.47 Å². The predicted octanol–water partition coefficient (Wildman–Crippen LogP) is 4.26. The van der Waals surface area contributed by atoms with Crippen molar-refractivity contribution in [1.82, 2.24) is 0 Å². The van der Waals surface area contributed by atoms with Gasteiger partial charge in [-0.15, -0.1) is 0 Å². The molecule has 3 nitrogen and oxygen atoms in total. The van der Waals surface area contributed by atoms with E-state index in [-0.39, 0.29) is 11.5 Å². The molecule has 7 atom stereocenters. The van der Waals surface area contributed by atoms with E-state index in [2.05, 4.69) is 20.8 Å². The molecule has 132 valence electrons. The van der Waals surface area contributed by atoms with Crippen molar-refractivity contribution in [3.8, 4) is 0 Å². The van der Waals surface area contributed by atoms with Gasteiger partial charge in [0.15, 0.2) is 11.6 Å². The van der Waals surface area contributed by atoms with E-state index in [9.17, 15) is 4.79 Å². The number of hydrogen-bond donors (Lipinski definition) is 0. The Balaban J connectivity index is 1.43. The highest BCUT2D eigenvalue weighted by Gasteiger charge is 2.64. The smallest absolute Gasteiger partial charge is 0.163 e. The summed E-state index contributed by atoms with van der Waals surface area (Å²) in [6, 6.07) is 0. The lowest BCUT2D eigenvalue weighted by Gasteiger charge is -2.53. The van der Waals surface area contributed by atoms with Gasteiger partial charge in [0.05, 0.1) is 12.2 Å². The molecule has 0 bridgehead atoms. The van der Waals surface area contributed by atoms with Crippen molar-refractivity contribution in [2.75, 3.05) is 0 Å². The topological polar surface area (TPSA) is 35.5 Å². The SMILES string of the molecule is CC1(C)O[C@@H]2[C@@H](C[C@H]3[C@@H]4CCC5=CC(=O)CC[C@@H]5[C@H]4CC[C@]23C)O1. The first-order valence-corrected chi connectivity index (χ1v) is 9.96. The van der Waals surface area contributed by atoms with Crippen LogP contribution in [0.5, 0.6) is 0 Å². The fourth-order valence-corrected chi connectivity index (χ4v) is 7.14. The van der Waals surface area contributed by atoms with E-state index in [1.165, 1.54) is 31.3 Å². The molecule has 0 radical (unpaired) electrons. The zero-order valence-corrected chi connectivity index (χ0v) is 15.2. The molecular formula is C21H30O3. The van der Waals surface area contributed by atoms with Gasteiger partial charge in [-0.3, -0.25) is 4.79 Å². The molecule has 0 spiro atoms. The summed E-state index contributed by atoms with van der Waals surface area (Å²) in [5.41, 5.74) is 1.76. The van der Waals surface area contributed by atoms with Gasteiger partial charge in [-0.2, -0.15) is 0 Å². The van der Waals surface area contributed by atoms with Crippen molar-refractivity contribution in [2.45, 2.75) is 83.7 Å². The molecule has 5 rings (SSSR count). The van der Waals surface area contributed by atoms with Crippen LogP contribution in [0.2, 0.25) is 0 Å². The van der Waals surface area contributed by atoms with Gasteiger partial charge in [-0.25, -0.2) is 0 Å². The zero-order valence-electron chi connectivity index (χ0n) is 15.2. The molecule has 0 aromatic heterocycles. The van der Waals surface area contributed by atoms with Crippen molar-refractivity contribution < 1.29 is 14.3 Å². The summed E-state index contributed by atoms with van der Waals surface area (Å²) in [4.78, 5) is 11.8. The Bertz CT molecular complexity index is 606. The molecule has 0 aromatic carbocycles. The highest BCUT2D eigenvalue weighted by atomic mass is 16.8. The van der Waals surface area contributed by atoms with E-state index >= 15 is 0 Å². The number of allylic oxidation sites excluding steroid dienone is 1. The first-order chi connectivity index (χ1) is 11.4. The number of ketones is 1. The molecule has 0 unspecified atom stereocenters. The van der Waals surface area contributed by atoms with Gasteiger partial charge in [0.25, 0.3) is 0 Å². The van der Waals surface area contributed by atoms with Crippen LogP contribution in [0.15, 0.2) is 11.6 Å². The molecule has 24 heavy (non-hydrogen) atoms.